The molecular weight excluding hydrogens is 700 g/mol. The highest BCUT2D eigenvalue weighted by molar-refractivity contribution is 5.88. The molecule has 19 heteroatoms. The van der Waals surface area contributed by atoms with E-state index in [0.29, 0.717) is 0 Å². The molecule has 3 aliphatic rings. The molecule has 3 saturated heterocycles. The van der Waals surface area contributed by atoms with E-state index in [-0.39, 0.29) is 28.4 Å². The molecular formula is C33H40O19. The van der Waals surface area contributed by atoms with Crippen LogP contribution in [-0.4, -0.2) is 155 Å². The van der Waals surface area contributed by atoms with Gasteiger partial charge in [0.15, 0.2) is 18.2 Å². The normalized spacial score (nSPS) is 38.2. The number of aliphatic hydroxyl groups is 9. The number of fused-ring (bicyclic) bond motifs is 1. The second-order valence-corrected chi connectivity index (χ2v) is 12.9. The fourth-order valence-corrected chi connectivity index (χ4v) is 6.17. The number of ether oxygens (including phenoxy) is 6. The van der Waals surface area contributed by atoms with E-state index in [9.17, 15) is 61.0 Å². The van der Waals surface area contributed by atoms with Gasteiger partial charge in [0.25, 0.3) is 0 Å². The van der Waals surface area contributed by atoms with Crippen LogP contribution in [0.5, 0.6) is 23.0 Å². The third kappa shape index (κ3) is 7.03. The topological polar surface area (TPSA) is 308 Å². The number of aromatic hydroxyl groups is 2. The lowest BCUT2D eigenvalue weighted by Crippen LogP contribution is -2.64. The van der Waals surface area contributed by atoms with Crippen molar-refractivity contribution in [3.05, 3.63) is 46.6 Å². The van der Waals surface area contributed by atoms with Crippen LogP contribution in [0.25, 0.3) is 22.3 Å². The van der Waals surface area contributed by atoms with Crippen LogP contribution in [0.4, 0.5) is 0 Å². The first-order valence-corrected chi connectivity index (χ1v) is 16.2. The van der Waals surface area contributed by atoms with Crippen molar-refractivity contribution < 1.29 is 89.0 Å². The third-order valence-corrected chi connectivity index (χ3v) is 9.25. The Labute approximate surface area is 293 Å². The first kappa shape index (κ1) is 38.1. The molecule has 286 valence electrons. The summed E-state index contributed by atoms with van der Waals surface area (Å²) in [5.74, 6) is -2.07. The van der Waals surface area contributed by atoms with Crippen LogP contribution in [0.1, 0.15) is 13.8 Å². The zero-order valence-electron chi connectivity index (χ0n) is 27.5. The lowest BCUT2D eigenvalue weighted by molar-refractivity contribution is -0.354. The molecule has 3 fully saturated rings. The van der Waals surface area contributed by atoms with Gasteiger partial charge in [-0.15, -0.1) is 0 Å². The highest BCUT2D eigenvalue weighted by Crippen LogP contribution is 2.39. The van der Waals surface area contributed by atoms with E-state index >= 15 is 0 Å². The minimum atomic E-state index is -1.93. The summed E-state index contributed by atoms with van der Waals surface area (Å²) in [5.41, 5.74) is -1.20. The Hall–Kier alpha value is -3.67. The Morgan fingerprint density at radius 2 is 1.27 bits per heavy atom. The van der Waals surface area contributed by atoms with E-state index in [1.54, 1.807) is 0 Å². The molecule has 0 saturated carbocycles. The van der Waals surface area contributed by atoms with E-state index in [1.165, 1.54) is 38.1 Å². The number of phenols is 2. The maximum absolute atomic E-state index is 14.2. The van der Waals surface area contributed by atoms with Gasteiger partial charge >= 0.3 is 0 Å². The maximum Gasteiger partial charge on any atom is 0.239 e. The molecule has 4 heterocycles. The third-order valence-electron chi connectivity index (χ3n) is 9.25. The Morgan fingerprint density at radius 1 is 0.673 bits per heavy atom. The van der Waals surface area contributed by atoms with E-state index in [4.69, 9.17) is 32.8 Å². The zero-order chi connectivity index (χ0) is 37.8. The predicted octanol–water partition coefficient (Wildman–Crippen LogP) is -2.89. The van der Waals surface area contributed by atoms with Gasteiger partial charge in [-0.2, -0.15) is 0 Å². The molecule has 0 aliphatic carbocycles. The molecule has 11 N–H and O–H groups in total. The first-order valence-electron chi connectivity index (χ1n) is 16.2. The van der Waals surface area contributed by atoms with Gasteiger partial charge in [-0.1, -0.05) is 0 Å². The molecule has 15 atom stereocenters. The summed E-state index contributed by atoms with van der Waals surface area (Å²) < 4.78 is 40.1. The number of hydrogen-bond acceptors (Lipinski definition) is 19. The van der Waals surface area contributed by atoms with Crippen molar-refractivity contribution in [2.75, 3.05) is 6.61 Å². The summed E-state index contributed by atoms with van der Waals surface area (Å²) in [6.07, 6.45) is -24.1. The fraction of sp³-hybridized carbons (Fsp3) is 0.545. The minimum Gasteiger partial charge on any atom is -0.508 e. The SMILES string of the molecule is CC1O[C@@H](OC2C(O)[C@@H](O)C(CO)O[C@H]2Oc2c(-c3ccc(O)cc3)oc3cc(O[C@@H]4OC(C)[C@H](O)[C@H](O)C4O)cc(O)c3c2=O)[C@@H](O)C(O)[C@H]1O. The van der Waals surface area contributed by atoms with Gasteiger partial charge in [-0.05, 0) is 38.1 Å². The number of hydrogen-bond donors (Lipinski definition) is 11. The Morgan fingerprint density at radius 3 is 1.88 bits per heavy atom. The van der Waals surface area contributed by atoms with Crippen molar-refractivity contribution in [2.45, 2.75) is 106 Å². The largest absolute Gasteiger partial charge is 0.508 e. The summed E-state index contributed by atoms with van der Waals surface area (Å²) in [6, 6.07) is 7.36. The smallest absolute Gasteiger partial charge is 0.239 e. The van der Waals surface area contributed by atoms with Gasteiger partial charge in [0.2, 0.25) is 23.8 Å². The summed E-state index contributed by atoms with van der Waals surface area (Å²) in [7, 11) is 0. The van der Waals surface area contributed by atoms with Gasteiger partial charge < -0.3 is 89.0 Å². The van der Waals surface area contributed by atoms with Gasteiger partial charge in [0.05, 0.1) is 18.8 Å². The van der Waals surface area contributed by atoms with Crippen LogP contribution >= 0.6 is 0 Å². The standard InChI is InChI=1S/C33H40O19/c1-10-19(37)23(41)26(44)31(46-10)48-14-7-15(36)18-16(8-14)49-28(12-3-5-13(35)6-4-12)29(22(18)40)51-33-30(25(43)21(39)17(9-34)50-33)52-32-27(45)24(42)20(38)11(2)47-32/h3-8,10-11,17,19-21,23-27,30-39,41-45H,9H2,1-2H3/t10?,11?,17?,19-,20-,21-,23-,24?,25?,26?,27-,30?,31-,32-,33-/m0/s1. The molecule has 1 aromatic heterocycles. The van der Waals surface area contributed by atoms with E-state index in [1.807, 2.05) is 0 Å². The van der Waals surface area contributed by atoms with Crippen LogP contribution in [-0.2, 0) is 18.9 Å². The molecule has 6 rings (SSSR count). The average molecular weight is 741 g/mol. The van der Waals surface area contributed by atoms with Crippen molar-refractivity contribution in [1.29, 1.82) is 0 Å². The monoisotopic (exact) mass is 740 g/mol. The lowest BCUT2D eigenvalue weighted by atomic mass is 9.97. The number of phenolic OH excluding ortho intramolecular Hbond substituents is 2. The Balaban J connectivity index is 1.41. The van der Waals surface area contributed by atoms with E-state index in [2.05, 4.69) is 0 Å². The fourth-order valence-electron chi connectivity index (χ4n) is 6.17. The predicted molar refractivity (Wildman–Crippen MR) is 170 cm³/mol. The van der Waals surface area contributed by atoms with Crippen LogP contribution < -0.4 is 14.9 Å². The van der Waals surface area contributed by atoms with Gasteiger partial charge in [0, 0.05) is 17.7 Å². The quantitative estimate of drug-likeness (QED) is 0.110. The molecule has 0 bridgehead atoms. The molecule has 0 radical (unpaired) electrons. The molecule has 19 nitrogen and oxygen atoms in total. The number of benzene rings is 2. The molecule has 7 unspecified atom stereocenters. The summed E-state index contributed by atoms with van der Waals surface area (Å²) in [6.45, 7) is 1.97. The minimum absolute atomic E-state index is 0.124. The maximum atomic E-state index is 14.2. The van der Waals surface area contributed by atoms with Crippen LogP contribution in [0.2, 0.25) is 0 Å². The average Bonchev–Trinajstić information content (AvgIpc) is 3.11. The Bertz CT molecular complexity index is 1770. The molecule has 0 amide bonds. The van der Waals surface area contributed by atoms with Crippen molar-refractivity contribution in [2.24, 2.45) is 0 Å². The van der Waals surface area contributed by atoms with E-state index < -0.39 is 121 Å². The summed E-state index contributed by atoms with van der Waals surface area (Å²) >= 11 is 0. The van der Waals surface area contributed by atoms with Gasteiger partial charge in [-0.25, -0.2) is 0 Å². The number of aliphatic hydroxyl groups excluding tert-OH is 9. The second-order valence-electron chi connectivity index (χ2n) is 12.9. The van der Waals surface area contributed by atoms with Crippen molar-refractivity contribution >= 4 is 11.0 Å². The van der Waals surface area contributed by atoms with Crippen LogP contribution in [0, 0.1) is 0 Å². The summed E-state index contributed by atoms with van der Waals surface area (Å²) in [4.78, 5) is 14.2. The van der Waals surface area contributed by atoms with Crippen LogP contribution in [0.15, 0.2) is 45.6 Å². The molecule has 2 aromatic carbocycles. The molecule has 3 aromatic rings. The van der Waals surface area contributed by atoms with Crippen molar-refractivity contribution in [3.8, 4) is 34.3 Å². The molecule has 3 aliphatic heterocycles. The van der Waals surface area contributed by atoms with Gasteiger partial charge in [0.1, 0.15) is 83.2 Å². The molecule has 52 heavy (non-hydrogen) atoms. The van der Waals surface area contributed by atoms with Crippen LogP contribution in [0.3, 0.4) is 0 Å². The lowest BCUT2D eigenvalue weighted by Gasteiger charge is -2.45. The Kier molecular flexibility index (Phi) is 11.0. The first-order chi connectivity index (χ1) is 24.6. The molecule has 0 spiro atoms. The second kappa shape index (κ2) is 15.0. The van der Waals surface area contributed by atoms with Crippen molar-refractivity contribution in [1.82, 2.24) is 0 Å². The van der Waals surface area contributed by atoms with E-state index in [0.717, 1.165) is 12.1 Å². The highest BCUT2D eigenvalue weighted by Gasteiger charge is 2.51. The van der Waals surface area contributed by atoms with Gasteiger partial charge in [-0.3, -0.25) is 4.79 Å². The van der Waals surface area contributed by atoms with Crippen molar-refractivity contribution in [3.63, 3.8) is 0 Å². The summed E-state index contributed by atoms with van der Waals surface area (Å²) in [5, 5.41) is 114. The number of rotatable bonds is 8. The highest BCUT2D eigenvalue weighted by atomic mass is 16.8. The zero-order valence-corrected chi connectivity index (χ0v) is 27.5.